The van der Waals surface area contributed by atoms with E-state index >= 15 is 0 Å². The van der Waals surface area contributed by atoms with Crippen LogP contribution in [0.5, 0.6) is 0 Å². The zero-order chi connectivity index (χ0) is 15.2. The van der Waals surface area contributed by atoms with Crippen LogP contribution in [0.3, 0.4) is 0 Å². The van der Waals surface area contributed by atoms with Crippen LogP contribution in [0.15, 0.2) is 18.2 Å². The third-order valence-electron chi connectivity index (χ3n) is 3.43. The second kappa shape index (κ2) is 7.47. The number of anilines is 1. The van der Waals surface area contributed by atoms with Gasteiger partial charge < -0.3 is 16.0 Å². The fourth-order valence-electron chi connectivity index (χ4n) is 2.22. The first-order chi connectivity index (χ1) is 10.1. The number of nitrogens with one attached hydrogen (secondary N) is 3. The monoisotopic (exact) mass is 307 g/mol. The highest BCUT2D eigenvalue weighted by atomic mass is 32.2. The van der Waals surface area contributed by atoms with Crippen LogP contribution in [0, 0.1) is 6.92 Å². The highest BCUT2D eigenvalue weighted by Crippen LogP contribution is 2.18. The Labute approximate surface area is 129 Å². The molecule has 3 N–H and O–H groups in total. The van der Waals surface area contributed by atoms with Crippen molar-refractivity contribution in [2.24, 2.45) is 0 Å². The molecule has 0 aromatic heterocycles. The predicted octanol–water partition coefficient (Wildman–Crippen LogP) is 1.39. The number of thioether (sulfide) groups is 1. The Morgan fingerprint density at radius 1 is 1.43 bits per heavy atom. The lowest BCUT2D eigenvalue weighted by atomic mass is 10.1. The van der Waals surface area contributed by atoms with E-state index in [1.807, 2.05) is 24.8 Å². The van der Waals surface area contributed by atoms with Crippen molar-refractivity contribution in [3.8, 4) is 0 Å². The molecular formula is C15H21N3O2S. The van der Waals surface area contributed by atoms with Crippen LogP contribution in [0.1, 0.15) is 22.3 Å². The maximum Gasteiger partial charge on any atom is 0.251 e. The van der Waals surface area contributed by atoms with E-state index in [2.05, 4.69) is 16.0 Å². The molecule has 0 saturated carbocycles. The van der Waals surface area contributed by atoms with E-state index in [1.54, 1.807) is 19.2 Å². The molecule has 0 bridgehead atoms. The minimum atomic E-state index is -0.157. The predicted molar refractivity (Wildman–Crippen MR) is 86.9 cm³/mol. The first-order valence-electron chi connectivity index (χ1n) is 7.04. The number of rotatable bonds is 4. The second-order valence-corrected chi connectivity index (χ2v) is 6.24. The number of carbonyl (C=O) groups is 2. The average Bonchev–Trinajstić information content (AvgIpc) is 2.49. The molecule has 0 spiro atoms. The summed E-state index contributed by atoms with van der Waals surface area (Å²) in [4.78, 5) is 23.8. The van der Waals surface area contributed by atoms with Gasteiger partial charge in [0, 0.05) is 48.8 Å². The van der Waals surface area contributed by atoms with Crippen molar-refractivity contribution in [1.82, 2.24) is 10.6 Å². The van der Waals surface area contributed by atoms with Crippen molar-refractivity contribution in [3.63, 3.8) is 0 Å². The molecule has 1 heterocycles. The van der Waals surface area contributed by atoms with Crippen molar-refractivity contribution < 1.29 is 9.59 Å². The molecule has 1 aliphatic heterocycles. The lowest BCUT2D eigenvalue weighted by Gasteiger charge is -2.22. The third-order valence-corrected chi connectivity index (χ3v) is 4.56. The molecule has 5 nitrogen and oxygen atoms in total. The Hall–Kier alpha value is -1.53. The highest BCUT2D eigenvalue weighted by molar-refractivity contribution is 7.99. The molecule has 2 rings (SSSR count). The standard InChI is InChI=1S/C15H21N3O2S/c1-10-3-4-11(15(20)16-2)7-13(10)18-14(19)8-12-9-21-6-5-17-12/h3-4,7,12,17H,5-6,8-9H2,1-2H3,(H,16,20)(H,18,19). The van der Waals surface area contributed by atoms with Crippen molar-refractivity contribution >= 4 is 29.3 Å². The van der Waals surface area contributed by atoms with Crippen LogP contribution in [0.25, 0.3) is 0 Å². The topological polar surface area (TPSA) is 70.2 Å². The summed E-state index contributed by atoms with van der Waals surface area (Å²) in [5.74, 6) is 1.89. The van der Waals surface area contributed by atoms with Gasteiger partial charge in [0.2, 0.25) is 5.91 Å². The maximum atomic E-state index is 12.1. The Kier molecular flexibility index (Phi) is 5.64. The van der Waals surface area contributed by atoms with Gasteiger partial charge >= 0.3 is 0 Å². The lowest BCUT2D eigenvalue weighted by Crippen LogP contribution is -2.40. The molecular weight excluding hydrogens is 286 g/mol. The highest BCUT2D eigenvalue weighted by Gasteiger charge is 2.17. The molecule has 1 aromatic carbocycles. The van der Waals surface area contributed by atoms with Gasteiger partial charge in [-0.1, -0.05) is 6.07 Å². The molecule has 1 unspecified atom stereocenters. The summed E-state index contributed by atoms with van der Waals surface area (Å²) < 4.78 is 0. The van der Waals surface area contributed by atoms with E-state index in [9.17, 15) is 9.59 Å². The smallest absolute Gasteiger partial charge is 0.251 e. The van der Waals surface area contributed by atoms with Gasteiger partial charge in [0.15, 0.2) is 0 Å². The number of amides is 2. The Morgan fingerprint density at radius 2 is 2.24 bits per heavy atom. The summed E-state index contributed by atoms with van der Waals surface area (Å²) in [7, 11) is 1.59. The molecule has 114 valence electrons. The van der Waals surface area contributed by atoms with Crippen LogP contribution in [0.2, 0.25) is 0 Å². The first kappa shape index (κ1) is 15.9. The average molecular weight is 307 g/mol. The van der Waals surface area contributed by atoms with Gasteiger partial charge in [-0.25, -0.2) is 0 Å². The van der Waals surface area contributed by atoms with E-state index in [-0.39, 0.29) is 17.9 Å². The quantitative estimate of drug-likeness (QED) is 0.786. The molecule has 0 radical (unpaired) electrons. The minimum absolute atomic E-state index is 0.0212. The van der Waals surface area contributed by atoms with E-state index in [0.717, 1.165) is 23.6 Å². The molecule has 2 amide bonds. The van der Waals surface area contributed by atoms with Gasteiger partial charge in [-0.05, 0) is 24.6 Å². The van der Waals surface area contributed by atoms with E-state index in [0.29, 0.717) is 17.7 Å². The first-order valence-corrected chi connectivity index (χ1v) is 8.19. The van der Waals surface area contributed by atoms with Crippen LogP contribution in [0.4, 0.5) is 5.69 Å². The molecule has 21 heavy (non-hydrogen) atoms. The number of aryl methyl sites for hydroxylation is 1. The third kappa shape index (κ3) is 4.47. The molecule has 1 atom stereocenters. The number of hydrogen-bond acceptors (Lipinski definition) is 4. The number of carbonyl (C=O) groups excluding carboxylic acids is 2. The maximum absolute atomic E-state index is 12.1. The summed E-state index contributed by atoms with van der Waals surface area (Å²) in [6.45, 7) is 2.87. The molecule has 6 heteroatoms. The molecule has 1 saturated heterocycles. The normalized spacial score (nSPS) is 18.1. The van der Waals surface area contributed by atoms with Gasteiger partial charge in [0.25, 0.3) is 5.91 Å². The van der Waals surface area contributed by atoms with Crippen molar-refractivity contribution in [2.75, 3.05) is 30.4 Å². The fourth-order valence-corrected chi connectivity index (χ4v) is 3.17. The summed E-state index contributed by atoms with van der Waals surface area (Å²) in [6, 6.07) is 5.54. The molecule has 1 aromatic rings. The SMILES string of the molecule is CNC(=O)c1ccc(C)c(NC(=O)CC2CSCCN2)c1. The second-order valence-electron chi connectivity index (χ2n) is 5.09. The zero-order valence-corrected chi connectivity index (χ0v) is 13.2. The van der Waals surface area contributed by atoms with Crippen molar-refractivity contribution in [1.29, 1.82) is 0 Å². The minimum Gasteiger partial charge on any atom is -0.355 e. The Bertz CT molecular complexity index is 528. The summed E-state index contributed by atoms with van der Waals surface area (Å²) in [5.41, 5.74) is 2.19. The largest absolute Gasteiger partial charge is 0.355 e. The number of hydrogen-bond donors (Lipinski definition) is 3. The number of benzene rings is 1. The Morgan fingerprint density at radius 3 is 2.90 bits per heavy atom. The van der Waals surface area contributed by atoms with Gasteiger partial charge in [-0.2, -0.15) is 11.8 Å². The lowest BCUT2D eigenvalue weighted by molar-refractivity contribution is -0.116. The van der Waals surface area contributed by atoms with Crippen molar-refractivity contribution in [3.05, 3.63) is 29.3 Å². The van der Waals surface area contributed by atoms with Crippen LogP contribution in [-0.4, -0.2) is 43.0 Å². The van der Waals surface area contributed by atoms with E-state index < -0.39 is 0 Å². The summed E-state index contributed by atoms with van der Waals surface area (Å²) >= 11 is 1.87. The van der Waals surface area contributed by atoms with Gasteiger partial charge in [-0.3, -0.25) is 9.59 Å². The fraction of sp³-hybridized carbons (Fsp3) is 0.467. The summed E-state index contributed by atoms with van der Waals surface area (Å²) in [6.07, 6.45) is 0.455. The van der Waals surface area contributed by atoms with Crippen LogP contribution >= 0.6 is 11.8 Å². The van der Waals surface area contributed by atoms with Gasteiger partial charge in [-0.15, -0.1) is 0 Å². The van der Waals surface area contributed by atoms with Gasteiger partial charge in [0.05, 0.1) is 0 Å². The molecule has 1 fully saturated rings. The Balaban J connectivity index is 2.00. The van der Waals surface area contributed by atoms with Gasteiger partial charge in [0.1, 0.15) is 0 Å². The van der Waals surface area contributed by atoms with Crippen LogP contribution in [-0.2, 0) is 4.79 Å². The van der Waals surface area contributed by atoms with E-state index in [1.165, 1.54) is 0 Å². The summed E-state index contributed by atoms with van der Waals surface area (Å²) in [5, 5.41) is 8.83. The molecule has 0 aliphatic carbocycles. The van der Waals surface area contributed by atoms with Crippen LogP contribution < -0.4 is 16.0 Å². The zero-order valence-electron chi connectivity index (χ0n) is 12.4. The van der Waals surface area contributed by atoms with Crippen molar-refractivity contribution in [2.45, 2.75) is 19.4 Å². The molecule has 1 aliphatic rings. The van der Waals surface area contributed by atoms with E-state index in [4.69, 9.17) is 0 Å².